The number of rotatable bonds is 7. The lowest BCUT2D eigenvalue weighted by atomic mass is 10.0. The van der Waals surface area contributed by atoms with Gasteiger partial charge >= 0.3 is 12.2 Å². The number of aryl methyl sites for hydroxylation is 1. The zero-order valence-electron chi connectivity index (χ0n) is 13.9. The van der Waals surface area contributed by atoms with Crippen LogP contribution in [0.25, 0.3) is 0 Å². The highest BCUT2D eigenvalue weighted by molar-refractivity contribution is 5.74. The van der Waals surface area contributed by atoms with E-state index in [1.54, 1.807) is 18.2 Å². The molecule has 0 aliphatic rings. The zero-order chi connectivity index (χ0) is 17.1. The fourth-order valence-corrected chi connectivity index (χ4v) is 2.00. The standard InChI is InChI=1S/C17H24N2O4/c1-4-6-9-14(5-2)12-22-16(20)18-19-17(21)23-15-10-7-8-13(3)11-15/h7-8,10-11,14H,4-6,9,12H2,1-3H3. The van der Waals surface area contributed by atoms with E-state index < -0.39 is 12.2 Å². The summed E-state index contributed by atoms with van der Waals surface area (Å²) >= 11 is 0. The van der Waals surface area contributed by atoms with Crippen molar-refractivity contribution in [2.75, 3.05) is 6.61 Å². The molecule has 6 nitrogen and oxygen atoms in total. The van der Waals surface area contributed by atoms with Crippen LogP contribution in [-0.4, -0.2) is 18.8 Å². The van der Waals surface area contributed by atoms with Crippen LogP contribution in [0.5, 0.6) is 5.75 Å². The Labute approximate surface area is 136 Å². The van der Waals surface area contributed by atoms with Gasteiger partial charge in [-0.1, -0.05) is 55.5 Å². The molecule has 0 radical (unpaired) electrons. The number of nitrogens with zero attached hydrogens (tertiary/aromatic N) is 2. The molecule has 0 saturated carbocycles. The average Bonchev–Trinajstić information content (AvgIpc) is 2.53. The minimum Gasteiger partial charge on any atom is -0.447 e. The van der Waals surface area contributed by atoms with E-state index in [2.05, 4.69) is 24.1 Å². The summed E-state index contributed by atoms with van der Waals surface area (Å²) in [6, 6.07) is 6.94. The Bertz CT molecular complexity index is 543. The monoisotopic (exact) mass is 320 g/mol. The first kappa shape index (κ1) is 18.8. The number of hydrogen-bond acceptors (Lipinski definition) is 4. The van der Waals surface area contributed by atoms with E-state index in [0.717, 1.165) is 31.2 Å². The number of azo groups is 1. The fourth-order valence-electron chi connectivity index (χ4n) is 2.00. The van der Waals surface area contributed by atoms with Crippen LogP contribution in [0, 0.1) is 12.8 Å². The topological polar surface area (TPSA) is 77.3 Å². The molecule has 126 valence electrons. The molecular weight excluding hydrogens is 296 g/mol. The molecule has 2 amide bonds. The van der Waals surface area contributed by atoms with Crippen molar-refractivity contribution in [1.29, 1.82) is 0 Å². The molecule has 6 heteroatoms. The first-order chi connectivity index (χ1) is 11.0. The van der Waals surface area contributed by atoms with Crippen molar-refractivity contribution < 1.29 is 19.1 Å². The summed E-state index contributed by atoms with van der Waals surface area (Å²) in [7, 11) is 0. The first-order valence-corrected chi connectivity index (χ1v) is 7.92. The maximum absolute atomic E-state index is 11.5. The third kappa shape index (κ3) is 8.09. The summed E-state index contributed by atoms with van der Waals surface area (Å²) < 4.78 is 9.94. The fraction of sp³-hybridized carbons (Fsp3) is 0.529. The minimum atomic E-state index is -0.953. The van der Waals surface area contributed by atoms with Crippen molar-refractivity contribution in [3.63, 3.8) is 0 Å². The Morgan fingerprint density at radius 3 is 2.57 bits per heavy atom. The average molecular weight is 320 g/mol. The molecule has 1 aromatic rings. The number of benzene rings is 1. The summed E-state index contributed by atoms with van der Waals surface area (Å²) in [5.74, 6) is 0.668. The van der Waals surface area contributed by atoms with Crippen LogP contribution < -0.4 is 4.74 Å². The van der Waals surface area contributed by atoms with Gasteiger partial charge in [-0.2, -0.15) is 0 Å². The van der Waals surface area contributed by atoms with Crippen LogP contribution in [0.1, 0.15) is 45.1 Å². The Kier molecular flexibility index (Phi) is 8.57. The van der Waals surface area contributed by atoms with Crippen molar-refractivity contribution in [2.24, 2.45) is 16.1 Å². The molecule has 0 fully saturated rings. The molecule has 1 atom stereocenters. The van der Waals surface area contributed by atoms with Gasteiger partial charge in [-0.3, -0.25) is 0 Å². The molecule has 0 aliphatic carbocycles. The maximum atomic E-state index is 11.5. The zero-order valence-corrected chi connectivity index (χ0v) is 13.9. The van der Waals surface area contributed by atoms with E-state index in [0.29, 0.717) is 18.3 Å². The molecule has 1 unspecified atom stereocenters. The minimum absolute atomic E-state index is 0.293. The lowest BCUT2D eigenvalue weighted by Gasteiger charge is -2.12. The number of carbonyl (C=O) groups excluding carboxylic acids is 2. The van der Waals surface area contributed by atoms with Crippen LogP contribution in [0.2, 0.25) is 0 Å². The molecule has 0 aliphatic heterocycles. The first-order valence-electron chi connectivity index (χ1n) is 7.92. The quantitative estimate of drug-likeness (QED) is 0.639. The van der Waals surface area contributed by atoms with Crippen LogP contribution in [0.4, 0.5) is 9.59 Å². The van der Waals surface area contributed by atoms with E-state index in [4.69, 9.17) is 9.47 Å². The Morgan fingerprint density at radius 1 is 1.17 bits per heavy atom. The highest BCUT2D eigenvalue weighted by Gasteiger charge is 2.10. The molecule has 0 bridgehead atoms. The normalized spacial score (nSPS) is 12.1. The van der Waals surface area contributed by atoms with Gasteiger partial charge in [0.25, 0.3) is 0 Å². The molecule has 0 spiro atoms. The van der Waals surface area contributed by atoms with Gasteiger partial charge in [0.1, 0.15) is 5.75 Å². The lowest BCUT2D eigenvalue weighted by molar-refractivity contribution is 0.130. The summed E-state index contributed by atoms with van der Waals surface area (Å²) in [5, 5.41) is 6.42. The van der Waals surface area contributed by atoms with E-state index in [-0.39, 0.29) is 0 Å². The number of hydrogen-bond donors (Lipinski definition) is 0. The van der Waals surface area contributed by atoms with Crippen LogP contribution in [0.15, 0.2) is 34.5 Å². The van der Waals surface area contributed by atoms with E-state index in [9.17, 15) is 9.59 Å². The Balaban J connectivity index is 2.37. The molecule has 0 heterocycles. The second kappa shape index (κ2) is 10.5. The van der Waals surface area contributed by atoms with Gasteiger partial charge in [0.05, 0.1) is 6.61 Å². The van der Waals surface area contributed by atoms with Crippen molar-refractivity contribution in [2.45, 2.75) is 46.5 Å². The maximum Gasteiger partial charge on any atom is 0.458 e. The Hall–Kier alpha value is -2.24. The highest BCUT2D eigenvalue weighted by atomic mass is 16.6. The van der Waals surface area contributed by atoms with Gasteiger partial charge in [0.15, 0.2) is 0 Å². The third-order valence-corrected chi connectivity index (χ3v) is 3.39. The van der Waals surface area contributed by atoms with E-state index in [1.807, 2.05) is 13.0 Å². The van der Waals surface area contributed by atoms with E-state index >= 15 is 0 Å². The van der Waals surface area contributed by atoms with Crippen LogP contribution in [0.3, 0.4) is 0 Å². The second-order valence-electron chi connectivity index (χ2n) is 5.38. The van der Waals surface area contributed by atoms with Crippen molar-refractivity contribution in [3.05, 3.63) is 29.8 Å². The summed E-state index contributed by atoms with van der Waals surface area (Å²) in [6.07, 6.45) is 2.31. The van der Waals surface area contributed by atoms with Crippen LogP contribution in [-0.2, 0) is 4.74 Å². The van der Waals surface area contributed by atoms with Gasteiger partial charge in [-0.25, -0.2) is 9.59 Å². The number of carbonyl (C=O) groups is 2. The van der Waals surface area contributed by atoms with Gasteiger partial charge in [-0.05, 0) is 37.0 Å². The molecule has 0 saturated heterocycles. The van der Waals surface area contributed by atoms with Gasteiger partial charge < -0.3 is 9.47 Å². The number of unbranched alkanes of at least 4 members (excludes halogenated alkanes) is 1. The summed E-state index contributed by atoms with van der Waals surface area (Å²) in [6.45, 7) is 6.34. The smallest absolute Gasteiger partial charge is 0.447 e. The molecular formula is C17H24N2O4. The SMILES string of the molecule is CCCCC(CC)COC(=O)N=NC(=O)Oc1cccc(C)c1. The third-order valence-electron chi connectivity index (χ3n) is 3.39. The predicted octanol–water partition coefficient (Wildman–Crippen LogP) is 5.30. The molecule has 1 rings (SSSR count). The number of amides is 2. The molecule has 1 aromatic carbocycles. The molecule has 0 N–H and O–H groups in total. The van der Waals surface area contributed by atoms with Gasteiger partial charge in [0.2, 0.25) is 0 Å². The largest absolute Gasteiger partial charge is 0.458 e. The Morgan fingerprint density at radius 2 is 1.91 bits per heavy atom. The lowest BCUT2D eigenvalue weighted by Crippen LogP contribution is -2.12. The van der Waals surface area contributed by atoms with Crippen molar-refractivity contribution in [3.8, 4) is 5.75 Å². The predicted molar refractivity (Wildman–Crippen MR) is 86.7 cm³/mol. The second-order valence-corrected chi connectivity index (χ2v) is 5.38. The molecule has 0 aromatic heterocycles. The van der Waals surface area contributed by atoms with Gasteiger partial charge in [-0.15, -0.1) is 0 Å². The van der Waals surface area contributed by atoms with Crippen LogP contribution >= 0.6 is 0 Å². The molecule has 23 heavy (non-hydrogen) atoms. The van der Waals surface area contributed by atoms with Crippen molar-refractivity contribution >= 4 is 12.2 Å². The number of ether oxygens (including phenoxy) is 2. The van der Waals surface area contributed by atoms with Gasteiger partial charge in [0, 0.05) is 0 Å². The summed E-state index contributed by atoms with van der Waals surface area (Å²) in [5.41, 5.74) is 0.948. The highest BCUT2D eigenvalue weighted by Crippen LogP contribution is 2.14. The van der Waals surface area contributed by atoms with Crippen molar-refractivity contribution in [1.82, 2.24) is 0 Å². The summed E-state index contributed by atoms with van der Waals surface area (Å²) in [4.78, 5) is 22.9. The van der Waals surface area contributed by atoms with E-state index in [1.165, 1.54) is 0 Å².